The summed E-state index contributed by atoms with van der Waals surface area (Å²) in [6.45, 7) is 2.69. The summed E-state index contributed by atoms with van der Waals surface area (Å²) >= 11 is 0. The number of rotatable bonds is 6. The van der Waals surface area contributed by atoms with Gasteiger partial charge in [0.25, 0.3) is 0 Å². The standard InChI is InChI=1S/C13H18F3NO/c1-2-4-12(18)9-17-8-10-5-3-6-11(7-10)13(14,15)16/h3,5-7,12,17-18H,2,4,8-9H2,1H3. The average Bonchev–Trinajstić information content (AvgIpc) is 2.29. The van der Waals surface area contributed by atoms with E-state index in [1.54, 1.807) is 6.07 Å². The van der Waals surface area contributed by atoms with Crippen LogP contribution in [-0.2, 0) is 12.7 Å². The Labute approximate surface area is 105 Å². The highest BCUT2D eigenvalue weighted by molar-refractivity contribution is 5.25. The first-order chi connectivity index (χ1) is 8.43. The van der Waals surface area contributed by atoms with E-state index in [2.05, 4.69) is 5.32 Å². The second kappa shape index (κ2) is 6.75. The van der Waals surface area contributed by atoms with Crippen LogP contribution in [0.4, 0.5) is 13.2 Å². The molecule has 0 spiro atoms. The van der Waals surface area contributed by atoms with Crippen molar-refractivity contribution in [2.45, 2.75) is 38.6 Å². The first-order valence-electron chi connectivity index (χ1n) is 5.98. The lowest BCUT2D eigenvalue weighted by molar-refractivity contribution is -0.137. The van der Waals surface area contributed by atoms with Crippen LogP contribution in [0.3, 0.4) is 0 Å². The van der Waals surface area contributed by atoms with Gasteiger partial charge in [-0.2, -0.15) is 13.2 Å². The van der Waals surface area contributed by atoms with Crippen molar-refractivity contribution in [1.29, 1.82) is 0 Å². The van der Waals surface area contributed by atoms with Gasteiger partial charge in [0.15, 0.2) is 0 Å². The van der Waals surface area contributed by atoms with Gasteiger partial charge in [0.05, 0.1) is 11.7 Å². The molecule has 0 saturated heterocycles. The zero-order valence-electron chi connectivity index (χ0n) is 10.3. The molecule has 102 valence electrons. The topological polar surface area (TPSA) is 32.3 Å². The molecule has 0 aliphatic rings. The monoisotopic (exact) mass is 261 g/mol. The van der Waals surface area contributed by atoms with Crippen molar-refractivity contribution in [2.75, 3.05) is 6.54 Å². The van der Waals surface area contributed by atoms with E-state index in [0.29, 0.717) is 25.1 Å². The summed E-state index contributed by atoms with van der Waals surface area (Å²) in [5.74, 6) is 0. The maximum Gasteiger partial charge on any atom is 0.416 e. The first-order valence-corrected chi connectivity index (χ1v) is 5.98. The van der Waals surface area contributed by atoms with Gasteiger partial charge in [-0.15, -0.1) is 0 Å². The molecule has 0 amide bonds. The molecule has 1 unspecified atom stereocenters. The molecule has 18 heavy (non-hydrogen) atoms. The Hall–Kier alpha value is -1.07. The van der Waals surface area contributed by atoms with Gasteiger partial charge in [0.2, 0.25) is 0 Å². The molecule has 1 aromatic carbocycles. The van der Waals surface area contributed by atoms with Gasteiger partial charge in [-0.3, -0.25) is 0 Å². The number of hydrogen-bond acceptors (Lipinski definition) is 2. The summed E-state index contributed by atoms with van der Waals surface area (Å²) in [4.78, 5) is 0. The predicted molar refractivity (Wildman–Crippen MR) is 64.1 cm³/mol. The number of aliphatic hydroxyl groups is 1. The number of nitrogens with one attached hydrogen (secondary N) is 1. The first kappa shape index (κ1) is 15.0. The zero-order chi connectivity index (χ0) is 13.6. The summed E-state index contributed by atoms with van der Waals surface area (Å²) in [7, 11) is 0. The van der Waals surface area contributed by atoms with Crippen LogP contribution in [-0.4, -0.2) is 17.8 Å². The molecule has 1 rings (SSSR count). The Morgan fingerprint density at radius 3 is 2.67 bits per heavy atom. The minimum Gasteiger partial charge on any atom is -0.392 e. The highest BCUT2D eigenvalue weighted by Crippen LogP contribution is 2.29. The van der Waals surface area contributed by atoms with Crippen molar-refractivity contribution in [1.82, 2.24) is 5.32 Å². The van der Waals surface area contributed by atoms with Gasteiger partial charge in [-0.05, 0) is 18.1 Å². The lowest BCUT2D eigenvalue weighted by Crippen LogP contribution is -2.26. The minimum atomic E-state index is -4.31. The quantitative estimate of drug-likeness (QED) is 0.825. The zero-order valence-corrected chi connectivity index (χ0v) is 10.3. The highest BCUT2D eigenvalue weighted by atomic mass is 19.4. The average molecular weight is 261 g/mol. The van der Waals surface area contributed by atoms with Crippen molar-refractivity contribution in [2.24, 2.45) is 0 Å². The van der Waals surface area contributed by atoms with Gasteiger partial charge in [-0.1, -0.05) is 31.5 Å². The number of aliphatic hydroxyl groups excluding tert-OH is 1. The van der Waals surface area contributed by atoms with E-state index in [1.807, 2.05) is 6.92 Å². The van der Waals surface area contributed by atoms with Crippen LogP contribution in [0.1, 0.15) is 30.9 Å². The largest absolute Gasteiger partial charge is 0.416 e. The Kier molecular flexibility index (Phi) is 5.62. The molecule has 0 bridgehead atoms. The van der Waals surface area contributed by atoms with Crippen LogP contribution in [0.5, 0.6) is 0 Å². The molecule has 0 aliphatic heterocycles. The Balaban J connectivity index is 2.48. The van der Waals surface area contributed by atoms with Gasteiger partial charge in [0.1, 0.15) is 0 Å². The minimum absolute atomic E-state index is 0.324. The Bertz CT molecular complexity index is 365. The lowest BCUT2D eigenvalue weighted by atomic mass is 10.1. The molecular formula is C13H18F3NO. The lowest BCUT2D eigenvalue weighted by Gasteiger charge is -2.12. The third-order valence-corrected chi connectivity index (χ3v) is 2.59. The second-order valence-corrected chi connectivity index (χ2v) is 4.27. The molecule has 0 aliphatic carbocycles. The molecule has 2 N–H and O–H groups in total. The van der Waals surface area contributed by atoms with Gasteiger partial charge in [0, 0.05) is 13.1 Å². The van der Waals surface area contributed by atoms with Crippen molar-refractivity contribution in [3.05, 3.63) is 35.4 Å². The summed E-state index contributed by atoms with van der Waals surface area (Å²) in [6.07, 6.45) is -3.18. The predicted octanol–water partition coefficient (Wildman–Crippen LogP) is 2.96. The summed E-state index contributed by atoms with van der Waals surface area (Å²) in [5.41, 5.74) is -0.0792. The normalized spacial score (nSPS) is 13.6. The van der Waals surface area contributed by atoms with Gasteiger partial charge in [-0.25, -0.2) is 0 Å². The van der Waals surface area contributed by atoms with Crippen LogP contribution < -0.4 is 5.32 Å². The van der Waals surface area contributed by atoms with Crippen LogP contribution in [0.25, 0.3) is 0 Å². The second-order valence-electron chi connectivity index (χ2n) is 4.27. The summed E-state index contributed by atoms with van der Waals surface area (Å²) < 4.78 is 37.4. The number of hydrogen-bond donors (Lipinski definition) is 2. The molecule has 0 heterocycles. The van der Waals surface area contributed by atoms with E-state index >= 15 is 0 Å². The molecule has 2 nitrogen and oxygen atoms in total. The maximum absolute atomic E-state index is 12.5. The van der Waals surface area contributed by atoms with Gasteiger partial charge >= 0.3 is 6.18 Å². The smallest absolute Gasteiger partial charge is 0.392 e. The molecule has 1 aromatic rings. The van der Waals surface area contributed by atoms with E-state index in [9.17, 15) is 18.3 Å². The molecule has 0 saturated carbocycles. The summed E-state index contributed by atoms with van der Waals surface area (Å²) in [6, 6.07) is 5.20. The SMILES string of the molecule is CCCC(O)CNCc1cccc(C(F)(F)F)c1. The van der Waals surface area contributed by atoms with Gasteiger partial charge < -0.3 is 10.4 Å². The molecule has 1 atom stereocenters. The Morgan fingerprint density at radius 2 is 2.06 bits per heavy atom. The molecule has 0 radical (unpaired) electrons. The Morgan fingerprint density at radius 1 is 1.33 bits per heavy atom. The van der Waals surface area contributed by atoms with E-state index in [4.69, 9.17) is 0 Å². The number of benzene rings is 1. The molecule has 5 heteroatoms. The fourth-order valence-electron chi connectivity index (χ4n) is 1.68. The van der Waals surface area contributed by atoms with E-state index in [0.717, 1.165) is 18.6 Å². The van der Waals surface area contributed by atoms with E-state index in [-0.39, 0.29) is 0 Å². The molecular weight excluding hydrogens is 243 g/mol. The third kappa shape index (κ3) is 5.06. The van der Waals surface area contributed by atoms with Crippen molar-refractivity contribution >= 4 is 0 Å². The molecule has 0 fully saturated rings. The molecule has 0 aromatic heterocycles. The van der Waals surface area contributed by atoms with Crippen molar-refractivity contribution in [3.63, 3.8) is 0 Å². The summed E-state index contributed by atoms with van der Waals surface area (Å²) in [5, 5.41) is 12.4. The highest BCUT2D eigenvalue weighted by Gasteiger charge is 2.30. The third-order valence-electron chi connectivity index (χ3n) is 2.59. The van der Waals surface area contributed by atoms with E-state index < -0.39 is 17.8 Å². The van der Waals surface area contributed by atoms with Crippen LogP contribution >= 0.6 is 0 Å². The fourth-order valence-corrected chi connectivity index (χ4v) is 1.68. The van der Waals surface area contributed by atoms with Crippen LogP contribution in [0.2, 0.25) is 0 Å². The maximum atomic E-state index is 12.5. The number of alkyl halides is 3. The number of halogens is 3. The van der Waals surface area contributed by atoms with E-state index in [1.165, 1.54) is 6.07 Å². The van der Waals surface area contributed by atoms with Crippen molar-refractivity contribution < 1.29 is 18.3 Å². The van der Waals surface area contributed by atoms with Crippen LogP contribution in [0.15, 0.2) is 24.3 Å². The van der Waals surface area contributed by atoms with Crippen LogP contribution in [0, 0.1) is 0 Å². The fraction of sp³-hybridized carbons (Fsp3) is 0.538. The van der Waals surface area contributed by atoms with Crippen molar-refractivity contribution in [3.8, 4) is 0 Å².